The number of hydrogen-bond acceptors (Lipinski definition) is 7. The minimum absolute atomic E-state index is 0.0275. The third-order valence-corrected chi connectivity index (χ3v) is 6.59. The van der Waals surface area contributed by atoms with Gasteiger partial charge in [0.1, 0.15) is 12.0 Å². The van der Waals surface area contributed by atoms with Gasteiger partial charge < -0.3 is 5.32 Å². The Balaban J connectivity index is 1.44. The minimum Gasteiger partial charge on any atom is -0.343 e. The van der Waals surface area contributed by atoms with E-state index in [2.05, 4.69) is 10.3 Å². The van der Waals surface area contributed by atoms with Gasteiger partial charge in [-0.1, -0.05) is 44.2 Å². The largest absolute Gasteiger partial charge is 0.343 e. The maximum atomic E-state index is 11.2. The molecule has 0 amide bonds. The van der Waals surface area contributed by atoms with E-state index in [0.29, 0.717) is 11.6 Å². The average Bonchev–Trinajstić information content (AvgIpc) is 3.22. The quantitative estimate of drug-likeness (QED) is 0.263. The number of nitrogens with zero attached hydrogens (tertiary/aromatic N) is 5. The summed E-state index contributed by atoms with van der Waals surface area (Å²) >= 11 is 0. The molecule has 2 aromatic rings. The van der Waals surface area contributed by atoms with E-state index in [0.717, 1.165) is 22.5 Å². The van der Waals surface area contributed by atoms with Gasteiger partial charge in [0.15, 0.2) is 11.9 Å². The maximum absolute atomic E-state index is 11.2. The highest BCUT2D eigenvalue weighted by Gasteiger charge is 2.43. The van der Waals surface area contributed by atoms with Crippen molar-refractivity contribution in [1.29, 1.82) is 0 Å². The van der Waals surface area contributed by atoms with E-state index in [9.17, 15) is 20.2 Å². The smallest absolute Gasteiger partial charge is 0.327 e. The Kier molecular flexibility index (Phi) is 6.13. The van der Waals surface area contributed by atoms with Gasteiger partial charge in [-0.15, -0.1) is 0 Å². The lowest BCUT2D eigenvalue weighted by atomic mass is 9.82. The fraction of sp³-hybridized carbons (Fsp3) is 0.269. The Morgan fingerprint density at radius 3 is 2.25 bits per heavy atom. The molecule has 0 atom stereocenters. The molecular formula is C26H27N6O4+. The van der Waals surface area contributed by atoms with Crippen LogP contribution in [0, 0.1) is 20.2 Å². The van der Waals surface area contributed by atoms with Crippen molar-refractivity contribution in [2.24, 2.45) is 12.0 Å². The molecular weight excluding hydrogens is 460 g/mol. The predicted molar refractivity (Wildman–Crippen MR) is 137 cm³/mol. The molecule has 2 aliphatic heterocycles. The molecule has 2 aliphatic rings. The van der Waals surface area contributed by atoms with Gasteiger partial charge in [-0.3, -0.25) is 20.2 Å². The maximum Gasteiger partial charge on any atom is 0.327 e. The van der Waals surface area contributed by atoms with Crippen molar-refractivity contribution in [2.75, 3.05) is 5.32 Å². The van der Waals surface area contributed by atoms with E-state index < -0.39 is 20.7 Å². The third kappa shape index (κ3) is 4.33. The summed E-state index contributed by atoms with van der Waals surface area (Å²) in [5, 5.41) is 25.6. The molecule has 4 heterocycles. The molecule has 0 saturated carbocycles. The van der Waals surface area contributed by atoms with Crippen LogP contribution in [0.1, 0.15) is 38.8 Å². The molecule has 36 heavy (non-hydrogen) atoms. The molecule has 0 saturated heterocycles. The molecule has 2 aromatic heterocycles. The van der Waals surface area contributed by atoms with Crippen LogP contribution >= 0.6 is 0 Å². The Bertz CT molecular complexity index is 1430. The van der Waals surface area contributed by atoms with Crippen LogP contribution in [0.2, 0.25) is 0 Å². The topological polar surface area (TPSA) is 127 Å². The summed E-state index contributed by atoms with van der Waals surface area (Å²) < 4.78 is 1.69. The van der Waals surface area contributed by atoms with E-state index in [1.54, 1.807) is 23.7 Å². The summed E-state index contributed by atoms with van der Waals surface area (Å²) in [5.41, 5.74) is 2.45. The van der Waals surface area contributed by atoms with E-state index in [1.807, 2.05) is 70.2 Å². The predicted octanol–water partition coefficient (Wildman–Crippen LogP) is 5.04. The molecule has 0 aliphatic carbocycles. The highest BCUT2D eigenvalue weighted by molar-refractivity contribution is 6.07. The lowest BCUT2D eigenvalue weighted by molar-refractivity contribution is -0.661. The Morgan fingerprint density at radius 1 is 0.917 bits per heavy atom. The Morgan fingerprint density at radius 2 is 1.56 bits per heavy atom. The van der Waals surface area contributed by atoms with E-state index in [-0.39, 0.29) is 11.4 Å². The van der Waals surface area contributed by atoms with Crippen LogP contribution in [0.5, 0.6) is 0 Å². The molecule has 0 bridgehead atoms. The summed E-state index contributed by atoms with van der Waals surface area (Å²) in [5.74, 6) is 1.34. The lowest BCUT2D eigenvalue weighted by Gasteiger charge is -2.19. The SMILES string of the molecule is C[n+]1cc([N+](=O)[O-])cc2c1N=C(/C=C/C=C/C=C/C=C1\Nc3ncc([N+](=O)[O-])cc3C1(C)C)C2(C)C. The second kappa shape index (κ2) is 8.95. The summed E-state index contributed by atoms with van der Waals surface area (Å²) in [6.07, 6.45) is 16.0. The molecule has 0 radical (unpaired) electrons. The molecule has 0 spiro atoms. The molecule has 184 valence electrons. The number of fused-ring (bicyclic) bond motifs is 2. The first kappa shape index (κ1) is 24.6. The summed E-state index contributed by atoms with van der Waals surface area (Å²) in [7, 11) is 1.76. The molecule has 0 fully saturated rings. The number of pyridine rings is 2. The number of nitrogens with one attached hydrogen (secondary N) is 1. The number of aromatic nitrogens is 2. The van der Waals surface area contributed by atoms with Crippen molar-refractivity contribution in [1.82, 2.24) is 4.98 Å². The van der Waals surface area contributed by atoms with Crippen molar-refractivity contribution < 1.29 is 14.4 Å². The van der Waals surface area contributed by atoms with Gasteiger partial charge in [0, 0.05) is 28.8 Å². The van der Waals surface area contributed by atoms with Gasteiger partial charge in [0.05, 0.1) is 27.9 Å². The number of anilines is 1. The first-order chi connectivity index (χ1) is 16.9. The van der Waals surface area contributed by atoms with Crippen LogP contribution in [-0.4, -0.2) is 20.5 Å². The van der Waals surface area contributed by atoms with Crippen molar-refractivity contribution in [3.05, 3.63) is 104 Å². The zero-order chi connectivity index (χ0) is 26.3. The molecule has 10 nitrogen and oxygen atoms in total. The summed E-state index contributed by atoms with van der Waals surface area (Å²) in [6.45, 7) is 7.98. The second-order valence-corrected chi connectivity index (χ2v) is 9.73. The van der Waals surface area contributed by atoms with Crippen molar-refractivity contribution in [3.8, 4) is 0 Å². The standard InChI is InChI=1S/C26H26N6O4/c1-25(2)19-13-17(31(33)34)15-27-23(19)28-21(25)11-9-7-6-8-10-12-22-26(3,4)20-14-18(32(35)36)16-30(5)24(20)29-22/h6-16H,1-5H3/p+1. The monoisotopic (exact) mass is 487 g/mol. The minimum atomic E-state index is -0.457. The van der Waals surface area contributed by atoms with Gasteiger partial charge in [0.25, 0.3) is 5.69 Å². The zero-order valence-corrected chi connectivity index (χ0v) is 20.7. The molecule has 4 rings (SSSR count). The van der Waals surface area contributed by atoms with E-state index in [4.69, 9.17) is 4.99 Å². The fourth-order valence-corrected chi connectivity index (χ4v) is 4.33. The highest BCUT2D eigenvalue weighted by atomic mass is 16.6. The van der Waals surface area contributed by atoms with Gasteiger partial charge in [-0.25, -0.2) is 9.55 Å². The van der Waals surface area contributed by atoms with Crippen LogP contribution in [-0.2, 0) is 17.9 Å². The fourth-order valence-electron chi connectivity index (χ4n) is 4.33. The first-order valence-electron chi connectivity index (χ1n) is 11.3. The van der Waals surface area contributed by atoms with Gasteiger partial charge >= 0.3 is 11.5 Å². The van der Waals surface area contributed by atoms with Crippen molar-refractivity contribution >= 4 is 28.7 Å². The van der Waals surface area contributed by atoms with E-state index >= 15 is 0 Å². The Labute approximate surface area is 208 Å². The normalized spacial score (nSPS) is 18.6. The molecule has 0 unspecified atom stereocenters. The number of rotatable bonds is 6. The van der Waals surface area contributed by atoms with Crippen molar-refractivity contribution in [2.45, 2.75) is 38.5 Å². The number of hydrogen-bond donors (Lipinski definition) is 1. The number of allylic oxidation sites excluding steroid dienone is 8. The molecule has 10 heteroatoms. The number of aliphatic imine (C=N–C) groups is 1. The molecule has 0 aromatic carbocycles. The number of aryl methyl sites for hydroxylation is 1. The first-order valence-corrected chi connectivity index (χ1v) is 11.3. The van der Waals surface area contributed by atoms with Gasteiger partial charge in [-0.05, 0) is 31.0 Å². The number of nitro groups is 2. The second-order valence-electron chi connectivity index (χ2n) is 9.73. The third-order valence-electron chi connectivity index (χ3n) is 6.59. The van der Waals surface area contributed by atoms with E-state index in [1.165, 1.54) is 12.4 Å². The highest BCUT2D eigenvalue weighted by Crippen LogP contribution is 2.43. The van der Waals surface area contributed by atoms with Crippen LogP contribution in [0.25, 0.3) is 0 Å². The van der Waals surface area contributed by atoms with Gasteiger partial charge in [-0.2, -0.15) is 0 Å². The lowest BCUT2D eigenvalue weighted by Crippen LogP contribution is -2.31. The van der Waals surface area contributed by atoms with Gasteiger partial charge in [0.2, 0.25) is 0 Å². The van der Waals surface area contributed by atoms with Crippen LogP contribution in [0.3, 0.4) is 0 Å². The molecule has 1 N–H and O–H groups in total. The zero-order valence-electron chi connectivity index (χ0n) is 20.7. The van der Waals surface area contributed by atoms with Crippen molar-refractivity contribution in [3.63, 3.8) is 0 Å². The average molecular weight is 488 g/mol. The van der Waals surface area contributed by atoms with Crippen LogP contribution < -0.4 is 9.88 Å². The Hall–Kier alpha value is -4.47. The van der Waals surface area contributed by atoms with Crippen LogP contribution in [0.4, 0.5) is 23.0 Å². The summed E-state index contributed by atoms with van der Waals surface area (Å²) in [6, 6.07) is 3.16. The summed E-state index contributed by atoms with van der Waals surface area (Å²) in [4.78, 5) is 30.4. The van der Waals surface area contributed by atoms with Crippen LogP contribution in [0.15, 0.2) is 77.7 Å².